The van der Waals surface area contributed by atoms with Crippen molar-refractivity contribution in [1.82, 2.24) is 5.43 Å². The molecule has 92 valence electrons. The molecule has 0 spiro atoms. The molecule has 0 saturated heterocycles. The molecule has 0 amide bonds. The highest BCUT2D eigenvalue weighted by Gasteiger charge is 2.19. The van der Waals surface area contributed by atoms with E-state index in [9.17, 15) is 4.39 Å². The Labute approximate surface area is 108 Å². The van der Waals surface area contributed by atoms with Crippen molar-refractivity contribution in [2.24, 2.45) is 5.84 Å². The lowest BCUT2D eigenvalue weighted by atomic mass is 10.0. The maximum Gasteiger partial charge on any atom is 0.137 e. The molecule has 0 bridgehead atoms. The van der Waals surface area contributed by atoms with Gasteiger partial charge in [-0.05, 0) is 52.5 Å². The van der Waals surface area contributed by atoms with Crippen LogP contribution in [0.1, 0.15) is 24.4 Å². The van der Waals surface area contributed by atoms with Crippen molar-refractivity contribution in [2.45, 2.75) is 18.9 Å². The molecule has 3 nitrogen and oxygen atoms in total. The third-order valence-electron chi connectivity index (χ3n) is 2.69. The van der Waals surface area contributed by atoms with Crippen LogP contribution in [-0.4, -0.2) is 6.61 Å². The number of nitrogens with one attached hydrogen (secondary N) is 1. The molecule has 1 aliphatic rings. The zero-order chi connectivity index (χ0) is 12.3. The van der Waals surface area contributed by atoms with Crippen molar-refractivity contribution < 1.29 is 9.13 Å². The molecular formula is C12H14BrFN2O. The van der Waals surface area contributed by atoms with E-state index < -0.39 is 0 Å². The molecular weight excluding hydrogens is 287 g/mol. The monoisotopic (exact) mass is 300 g/mol. The topological polar surface area (TPSA) is 47.3 Å². The molecule has 1 aromatic rings. The molecule has 1 unspecified atom stereocenters. The minimum atomic E-state index is -0.306. The zero-order valence-electron chi connectivity index (χ0n) is 9.25. The van der Waals surface area contributed by atoms with E-state index in [1.165, 1.54) is 6.07 Å². The van der Waals surface area contributed by atoms with Crippen LogP contribution < -0.4 is 11.3 Å². The predicted octanol–water partition coefficient (Wildman–Crippen LogP) is 2.79. The first-order valence-corrected chi connectivity index (χ1v) is 6.25. The van der Waals surface area contributed by atoms with Gasteiger partial charge in [0.05, 0.1) is 11.1 Å². The van der Waals surface area contributed by atoms with Gasteiger partial charge in [0, 0.05) is 0 Å². The molecule has 1 aliphatic heterocycles. The first-order chi connectivity index (χ1) is 8.22. The Morgan fingerprint density at radius 1 is 1.47 bits per heavy atom. The van der Waals surface area contributed by atoms with Crippen LogP contribution in [0, 0.1) is 5.82 Å². The van der Waals surface area contributed by atoms with E-state index >= 15 is 0 Å². The van der Waals surface area contributed by atoms with Gasteiger partial charge in [-0.15, -0.1) is 0 Å². The quantitative estimate of drug-likeness (QED) is 0.666. The molecule has 0 aromatic heterocycles. The van der Waals surface area contributed by atoms with Crippen molar-refractivity contribution in [3.8, 4) is 0 Å². The summed E-state index contributed by atoms with van der Waals surface area (Å²) in [6.07, 6.45) is 3.97. The summed E-state index contributed by atoms with van der Waals surface area (Å²) in [5, 5.41) is 0. The van der Waals surface area contributed by atoms with Gasteiger partial charge in [-0.3, -0.25) is 5.84 Å². The average molecular weight is 301 g/mol. The molecule has 17 heavy (non-hydrogen) atoms. The number of allylic oxidation sites excluding steroid dienone is 1. The standard InChI is InChI=1S/C12H14BrFN2O/c13-9-5-4-8(7-10(9)14)12(16-15)11-3-1-2-6-17-11/h3-5,7,12,16H,1-2,6,15H2. The molecule has 2 rings (SSSR count). The van der Waals surface area contributed by atoms with Gasteiger partial charge < -0.3 is 4.74 Å². The Hall–Kier alpha value is -0.910. The van der Waals surface area contributed by atoms with Crippen molar-refractivity contribution in [1.29, 1.82) is 0 Å². The van der Waals surface area contributed by atoms with E-state index in [0.717, 1.165) is 24.2 Å². The molecule has 1 atom stereocenters. The maximum absolute atomic E-state index is 13.5. The van der Waals surface area contributed by atoms with Crippen molar-refractivity contribution in [3.63, 3.8) is 0 Å². The molecule has 0 radical (unpaired) electrons. The van der Waals surface area contributed by atoms with E-state index in [1.807, 2.05) is 12.1 Å². The van der Waals surface area contributed by atoms with Gasteiger partial charge in [-0.1, -0.05) is 6.07 Å². The number of hydrazine groups is 1. The summed E-state index contributed by atoms with van der Waals surface area (Å²) in [5.74, 6) is 5.98. The van der Waals surface area contributed by atoms with Crippen molar-refractivity contribution in [2.75, 3.05) is 6.61 Å². The number of rotatable bonds is 3. The molecule has 1 heterocycles. The molecule has 0 fully saturated rings. The minimum absolute atomic E-state index is 0.294. The normalized spacial score (nSPS) is 17.2. The highest BCUT2D eigenvalue weighted by atomic mass is 79.9. The summed E-state index contributed by atoms with van der Waals surface area (Å²) in [6.45, 7) is 0.684. The first kappa shape index (κ1) is 12.5. The fraction of sp³-hybridized carbons (Fsp3) is 0.333. The maximum atomic E-state index is 13.5. The van der Waals surface area contributed by atoms with E-state index in [0.29, 0.717) is 11.1 Å². The third-order valence-corrected chi connectivity index (χ3v) is 3.33. The van der Waals surface area contributed by atoms with E-state index in [-0.39, 0.29) is 11.9 Å². The van der Waals surface area contributed by atoms with Crippen LogP contribution in [0.4, 0.5) is 4.39 Å². The Balaban J connectivity index is 2.28. The van der Waals surface area contributed by atoms with E-state index in [1.54, 1.807) is 6.07 Å². The second kappa shape index (κ2) is 5.62. The number of halogens is 2. The van der Waals surface area contributed by atoms with Crippen LogP contribution in [0.2, 0.25) is 0 Å². The van der Waals surface area contributed by atoms with Crippen LogP contribution in [0.15, 0.2) is 34.5 Å². The number of hydrogen-bond acceptors (Lipinski definition) is 3. The zero-order valence-corrected chi connectivity index (χ0v) is 10.8. The summed E-state index contributed by atoms with van der Waals surface area (Å²) in [5.41, 5.74) is 3.41. The van der Waals surface area contributed by atoms with Crippen molar-refractivity contribution >= 4 is 15.9 Å². The Bertz CT molecular complexity index is 437. The van der Waals surface area contributed by atoms with Crippen molar-refractivity contribution in [3.05, 3.63) is 45.9 Å². The lowest BCUT2D eigenvalue weighted by Gasteiger charge is -2.23. The van der Waals surface area contributed by atoms with E-state index in [4.69, 9.17) is 10.6 Å². The van der Waals surface area contributed by atoms with Gasteiger partial charge in [-0.2, -0.15) is 0 Å². The van der Waals surface area contributed by atoms with Crippen LogP contribution in [0.3, 0.4) is 0 Å². The van der Waals surface area contributed by atoms with Gasteiger partial charge in [0.25, 0.3) is 0 Å². The Morgan fingerprint density at radius 2 is 2.29 bits per heavy atom. The van der Waals surface area contributed by atoms with Gasteiger partial charge in [0.15, 0.2) is 0 Å². The largest absolute Gasteiger partial charge is 0.496 e. The number of nitrogens with two attached hydrogens (primary N) is 1. The van der Waals surface area contributed by atoms with Gasteiger partial charge in [0.1, 0.15) is 17.6 Å². The van der Waals surface area contributed by atoms with Gasteiger partial charge >= 0.3 is 0 Å². The highest BCUT2D eigenvalue weighted by molar-refractivity contribution is 9.10. The predicted molar refractivity (Wildman–Crippen MR) is 67.4 cm³/mol. The van der Waals surface area contributed by atoms with E-state index in [2.05, 4.69) is 21.4 Å². The number of benzene rings is 1. The Morgan fingerprint density at radius 3 is 2.88 bits per heavy atom. The smallest absolute Gasteiger partial charge is 0.137 e. The summed E-state index contributed by atoms with van der Waals surface area (Å²) in [6, 6.07) is 4.64. The number of hydrogen-bond donors (Lipinski definition) is 2. The lowest BCUT2D eigenvalue weighted by molar-refractivity contribution is 0.168. The van der Waals surface area contributed by atoms with Crippen LogP contribution in [0.25, 0.3) is 0 Å². The fourth-order valence-corrected chi connectivity index (χ4v) is 2.06. The van der Waals surface area contributed by atoms with Crippen LogP contribution in [-0.2, 0) is 4.74 Å². The second-order valence-corrected chi connectivity index (χ2v) is 4.72. The lowest BCUT2D eigenvalue weighted by Crippen LogP contribution is -2.31. The van der Waals surface area contributed by atoms with Crippen LogP contribution >= 0.6 is 15.9 Å². The van der Waals surface area contributed by atoms with Gasteiger partial charge in [0.2, 0.25) is 0 Å². The van der Waals surface area contributed by atoms with Gasteiger partial charge in [-0.25, -0.2) is 9.82 Å². The first-order valence-electron chi connectivity index (χ1n) is 5.46. The summed E-state index contributed by atoms with van der Waals surface area (Å²) < 4.78 is 19.4. The molecule has 0 saturated carbocycles. The minimum Gasteiger partial charge on any atom is -0.496 e. The van der Waals surface area contributed by atoms with Crippen LogP contribution in [0.5, 0.6) is 0 Å². The molecule has 5 heteroatoms. The SMILES string of the molecule is NNC(C1=CCCCO1)c1ccc(Br)c(F)c1. The molecule has 0 aliphatic carbocycles. The number of ether oxygens (including phenoxy) is 1. The fourth-order valence-electron chi connectivity index (χ4n) is 1.81. The summed E-state index contributed by atoms with van der Waals surface area (Å²) in [4.78, 5) is 0. The molecule has 1 aromatic carbocycles. The summed E-state index contributed by atoms with van der Waals surface area (Å²) >= 11 is 3.12. The molecule has 3 N–H and O–H groups in total. The Kier molecular flexibility index (Phi) is 4.15. The summed E-state index contributed by atoms with van der Waals surface area (Å²) in [7, 11) is 0. The third kappa shape index (κ3) is 2.86. The second-order valence-electron chi connectivity index (χ2n) is 3.87. The average Bonchev–Trinajstić information content (AvgIpc) is 2.36. The highest BCUT2D eigenvalue weighted by Crippen LogP contribution is 2.27.